The first-order valence-corrected chi connectivity index (χ1v) is 5.14. The van der Waals surface area contributed by atoms with Crippen molar-refractivity contribution >= 4 is 0 Å². The van der Waals surface area contributed by atoms with E-state index in [1.165, 1.54) is 0 Å². The average molecular weight is 203 g/mol. The van der Waals surface area contributed by atoms with Gasteiger partial charge in [-0.2, -0.15) is 0 Å². The molecule has 1 saturated heterocycles. The second-order valence-corrected chi connectivity index (χ2v) is 3.60. The first-order chi connectivity index (χ1) is 6.83. The minimum atomic E-state index is -0.164. The molecule has 1 aliphatic heterocycles. The van der Waals surface area contributed by atoms with Gasteiger partial charge in [-0.25, -0.2) is 0 Å². The highest BCUT2D eigenvalue weighted by Gasteiger charge is 2.29. The van der Waals surface area contributed by atoms with Gasteiger partial charge < -0.3 is 19.5 Å². The molecule has 1 unspecified atom stereocenters. The Balaban J connectivity index is 2.49. The van der Waals surface area contributed by atoms with Gasteiger partial charge in [0.2, 0.25) is 0 Å². The molecule has 0 spiro atoms. The second kappa shape index (κ2) is 6.35. The van der Waals surface area contributed by atoms with Gasteiger partial charge in [0, 0.05) is 27.4 Å². The molecule has 1 aliphatic rings. The molecule has 0 saturated carbocycles. The molecule has 84 valence electrons. The summed E-state index contributed by atoms with van der Waals surface area (Å²) in [6.45, 7) is 1.70. The second-order valence-electron chi connectivity index (χ2n) is 3.60. The van der Waals surface area contributed by atoms with Gasteiger partial charge >= 0.3 is 0 Å². The number of rotatable bonds is 5. The van der Waals surface area contributed by atoms with Crippen molar-refractivity contribution in [2.45, 2.75) is 25.2 Å². The first-order valence-electron chi connectivity index (χ1n) is 5.14. The summed E-state index contributed by atoms with van der Waals surface area (Å²) >= 11 is 0. The van der Waals surface area contributed by atoms with E-state index in [0.717, 1.165) is 26.1 Å². The number of methoxy groups -OCH3 is 2. The monoisotopic (exact) mass is 203 g/mol. The van der Waals surface area contributed by atoms with Gasteiger partial charge in [-0.05, 0) is 25.8 Å². The molecule has 4 heteroatoms. The maximum Gasteiger partial charge on any atom is 0.172 e. The molecule has 0 bridgehead atoms. The Labute approximate surface area is 85.9 Å². The first kappa shape index (κ1) is 11.9. The van der Waals surface area contributed by atoms with Crippen LogP contribution < -0.4 is 5.32 Å². The van der Waals surface area contributed by atoms with E-state index in [4.69, 9.17) is 14.2 Å². The van der Waals surface area contributed by atoms with Gasteiger partial charge in [-0.3, -0.25) is 0 Å². The fraction of sp³-hybridized carbons (Fsp3) is 1.00. The van der Waals surface area contributed by atoms with Crippen LogP contribution in [0.15, 0.2) is 0 Å². The van der Waals surface area contributed by atoms with Gasteiger partial charge in [0.1, 0.15) is 0 Å². The number of likely N-dealkylation sites (N-methyl/N-ethyl adjacent to an activating group) is 1. The lowest BCUT2D eigenvalue weighted by Crippen LogP contribution is -2.47. The highest BCUT2D eigenvalue weighted by molar-refractivity contribution is 4.80. The normalized spacial score (nSPS) is 21.4. The van der Waals surface area contributed by atoms with Gasteiger partial charge in [-0.1, -0.05) is 0 Å². The van der Waals surface area contributed by atoms with Crippen LogP contribution in [0.2, 0.25) is 0 Å². The molecule has 1 N–H and O–H groups in total. The van der Waals surface area contributed by atoms with E-state index in [0.29, 0.717) is 5.92 Å². The van der Waals surface area contributed by atoms with Crippen LogP contribution in [0.5, 0.6) is 0 Å². The summed E-state index contributed by atoms with van der Waals surface area (Å²) in [7, 11) is 5.31. The Morgan fingerprint density at radius 3 is 2.21 bits per heavy atom. The molecule has 1 atom stereocenters. The fourth-order valence-electron chi connectivity index (χ4n) is 2.06. The summed E-state index contributed by atoms with van der Waals surface area (Å²) in [6, 6.07) is 0.258. The molecule has 0 aromatic heterocycles. The van der Waals surface area contributed by atoms with Gasteiger partial charge in [0.15, 0.2) is 6.29 Å². The van der Waals surface area contributed by atoms with Crippen LogP contribution in [-0.4, -0.2) is 46.8 Å². The van der Waals surface area contributed by atoms with Crippen LogP contribution in [0.3, 0.4) is 0 Å². The van der Waals surface area contributed by atoms with Crippen molar-refractivity contribution in [2.24, 2.45) is 5.92 Å². The summed E-state index contributed by atoms with van der Waals surface area (Å²) in [5.41, 5.74) is 0. The standard InChI is InChI=1S/C10H21NO3/c1-11-9(10(12-2)13-3)8-4-6-14-7-5-8/h8-11H,4-7H2,1-3H3. The fourth-order valence-corrected chi connectivity index (χ4v) is 2.06. The molecule has 14 heavy (non-hydrogen) atoms. The Bertz CT molecular complexity index is 144. The van der Waals surface area contributed by atoms with Crippen molar-refractivity contribution in [3.63, 3.8) is 0 Å². The average Bonchev–Trinajstić information content (AvgIpc) is 2.27. The third kappa shape index (κ3) is 2.92. The summed E-state index contributed by atoms with van der Waals surface area (Å²) in [5.74, 6) is 0.582. The largest absolute Gasteiger partial charge is 0.381 e. The quantitative estimate of drug-likeness (QED) is 0.665. The van der Waals surface area contributed by atoms with Crippen LogP contribution in [0.4, 0.5) is 0 Å². The zero-order valence-corrected chi connectivity index (χ0v) is 9.29. The molecule has 1 rings (SSSR count). The van der Waals surface area contributed by atoms with Crippen molar-refractivity contribution in [1.29, 1.82) is 0 Å². The zero-order chi connectivity index (χ0) is 10.4. The highest BCUT2D eigenvalue weighted by Crippen LogP contribution is 2.22. The van der Waals surface area contributed by atoms with Crippen LogP contribution in [-0.2, 0) is 14.2 Å². The van der Waals surface area contributed by atoms with E-state index in [1.54, 1.807) is 14.2 Å². The number of hydrogen-bond donors (Lipinski definition) is 1. The predicted octanol–water partition coefficient (Wildman–Crippen LogP) is 0.620. The van der Waals surface area contributed by atoms with Crippen LogP contribution in [0.1, 0.15) is 12.8 Å². The lowest BCUT2D eigenvalue weighted by molar-refractivity contribution is -0.138. The number of nitrogens with one attached hydrogen (secondary N) is 1. The molecule has 1 fully saturated rings. The number of ether oxygens (including phenoxy) is 3. The molecule has 4 nitrogen and oxygen atoms in total. The van der Waals surface area contributed by atoms with Crippen LogP contribution in [0.25, 0.3) is 0 Å². The minimum Gasteiger partial charge on any atom is -0.381 e. The summed E-state index contributed by atoms with van der Waals surface area (Å²) in [5, 5.41) is 3.27. The third-order valence-corrected chi connectivity index (χ3v) is 2.86. The topological polar surface area (TPSA) is 39.7 Å². The SMILES string of the molecule is CNC(C1CCOCC1)C(OC)OC. The zero-order valence-electron chi connectivity index (χ0n) is 9.29. The minimum absolute atomic E-state index is 0.164. The van der Waals surface area contributed by atoms with Crippen molar-refractivity contribution in [2.75, 3.05) is 34.5 Å². The Kier molecular flexibility index (Phi) is 5.40. The lowest BCUT2D eigenvalue weighted by atomic mass is 9.91. The summed E-state index contributed by atoms with van der Waals surface area (Å²) in [4.78, 5) is 0. The van der Waals surface area contributed by atoms with Crippen LogP contribution in [0, 0.1) is 5.92 Å². The highest BCUT2D eigenvalue weighted by atomic mass is 16.7. The van der Waals surface area contributed by atoms with E-state index >= 15 is 0 Å². The van der Waals surface area contributed by atoms with E-state index < -0.39 is 0 Å². The van der Waals surface area contributed by atoms with E-state index in [1.807, 2.05) is 7.05 Å². The van der Waals surface area contributed by atoms with Gasteiger partial charge in [0.25, 0.3) is 0 Å². The van der Waals surface area contributed by atoms with Crippen molar-refractivity contribution in [3.05, 3.63) is 0 Å². The summed E-state index contributed by atoms with van der Waals surface area (Å²) in [6.07, 6.45) is 1.99. The third-order valence-electron chi connectivity index (χ3n) is 2.86. The molecule has 0 aromatic carbocycles. The molecule has 0 aromatic rings. The van der Waals surface area contributed by atoms with E-state index in [9.17, 15) is 0 Å². The van der Waals surface area contributed by atoms with Crippen molar-refractivity contribution in [1.82, 2.24) is 5.32 Å². The van der Waals surface area contributed by atoms with E-state index in [-0.39, 0.29) is 12.3 Å². The molecular formula is C10H21NO3. The van der Waals surface area contributed by atoms with Crippen molar-refractivity contribution < 1.29 is 14.2 Å². The van der Waals surface area contributed by atoms with Crippen LogP contribution >= 0.6 is 0 Å². The molecule has 0 radical (unpaired) electrons. The predicted molar refractivity (Wildman–Crippen MR) is 54.2 cm³/mol. The Hall–Kier alpha value is -0.160. The molecular weight excluding hydrogens is 182 g/mol. The summed E-state index contributed by atoms with van der Waals surface area (Å²) < 4.78 is 15.9. The maximum atomic E-state index is 5.33. The maximum absolute atomic E-state index is 5.33. The van der Waals surface area contributed by atoms with Crippen molar-refractivity contribution in [3.8, 4) is 0 Å². The van der Waals surface area contributed by atoms with Gasteiger partial charge in [0.05, 0.1) is 6.04 Å². The molecule has 0 aliphatic carbocycles. The van der Waals surface area contributed by atoms with E-state index in [2.05, 4.69) is 5.32 Å². The molecule has 1 heterocycles. The molecule has 0 amide bonds. The Morgan fingerprint density at radius 1 is 1.21 bits per heavy atom. The lowest BCUT2D eigenvalue weighted by Gasteiger charge is -2.33. The smallest absolute Gasteiger partial charge is 0.172 e. The van der Waals surface area contributed by atoms with Gasteiger partial charge in [-0.15, -0.1) is 0 Å². The number of hydrogen-bond acceptors (Lipinski definition) is 4. The Morgan fingerprint density at radius 2 is 1.79 bits per heavy atom.